The highest BCUT2D eigenvalue weighted by molar-refractivity contribution is 5.31. The first-order valence-corrected chi connectivity index (χ1v) is 9.62. The second-order valence-corrected chi connectivity index (χ2v) is 9.44. The number of terminal acetylenes is 1. The second-order valence-electron chi connectivity index (χ2n) is 9.44. The van der Waals surface area contributed by atoms with Gasteiger partial charge in [-0.05, 0) is 55.3 Å². The summed E-state index contributed by atoms with van der Waals surface area (Å²) in [7, 11) is 0. The van der Waals surface area contributed by atoms with Gasteiger partial charge in [0.15, 0.2) is 0 Å². The molecule has 4 nitrogen and oxygen atoms in total. The number of rotatable bonds is 0. The van der Waals surface area contributed by atoms with Gasteiger partial charge in [0.1, 0.15) is 5.60 Å². The van der Waals surface area contributed by atoms with Gasteiger partial charge in [-0.15, -0.1) is 6.42 Å². The van der Waals surface area contributed by atoms with Gasteiger partial charge in [0.2, 0.25) is 0 Å². The molecule has 4 aliphatic carbocycles. The lowest BCUT2D eigenvalue weighted by Gasteiger charge is -2.59. The normalized spacial score (nSPS) is 57.7. The quantitative estimate of drug-likeness (QED) is 0.397. The van der Waals surface area contributed by atoms with Crippen LogP contribution in [-0.4, -0.2) is 44.3 Å². The highest BCUT2D eigenvalue weighted by Crippen LogP contribution is 2.66. The standard InChI is InChI=1S/C21H30O4/c1-4-21(25)11-16(24)18-17-14(6-8-20(18,21)3)19(2)7-5-13(22)9-12(19)10-15(17)23/h1,10,13-18,22-25H,5-9,11H2,2-3H3/t13-,14?,15-,16+,17?,18?,19+,20+,21+/m1/s1. The van der Waals surface area contributed by atoms with Crippen LogP contribution in [0.4, 0.5) is 0 Å². The van der Waals surface area contributed by atoms with Crippen LogP contribution in [0.1, 0.15) is 52.4 Å². The van der Waals surface area contributed by atoms with Crippen LogP contribution in [-0.2, 0) is 0 Å². The van der Waals surface area contributed by atoms with E-state index in [1.165, 1.54) is 5.57 Å². The fourth-order valence-electron chi connectivity index (χ4n) is 6.95. The number of aliphatic hydroxyl groups is 4. The molecule has 0 amide bonds. The zero-order chi connectivity index (χ0) is 18.2. The van der Waals surface area contributed by atoms with E-state index < -0.39 is 23.2 Å². The molecule has 4 heteroatoms. The van der Waals surface area contributed by atoms with Gasteiger partial charge in [-0.1, -0.05) is 31.4 Å². The molecule has 0 aromatic rings. The van der Waals surface area contributed by atoms with Crippen LogP contribution >= 0.6 is 0 Å². The molecular formula is C21H30O4. The molecule has 0 aromatic heterocycles. The molecule has 9 atom stereocenters. The first-order valence-electron chi connectivity index (χ1n) is 9.62. The molecule has 0 aliphatic heterocycles. The van der Waals surface area contributed by atoms with E-state index in [1.807, 2.05) is 13.0 Å². The van der Waals surface area contributed by atoms with Crippen LogP contribution in [0.15, 0.2) is 11.6 Å². The number of aliphatic hydroxyl groups excluding tert-OH is 3. The van der Waals surface area contributed by atoms with Crippen molar-refractivity contribution in [1.29, 1.82) is 0 Å². The van der Waals surface area contributed by atoms with E-state index >= 15 is 0 Å². The Morgan fingerprint density at radius 2 is 1.88 bits per heavy atom. The molecule has 0 radical (unpaired) electrons. The Morgan fingerprint density at radius 3 is 2.56 bits per heavy atom. The van der Waals surface area contributed by atoms with E-state index in [-0.39, 0.29) is 35.7 Å². The zero-order valence-electron chi connectivity index (χ0n) is 15.2. The van der Waals surface area contributed by atoms with Gasteiger partial charge in [0.25, 0.3) is 0 Å². The average Bonchev–Trinajstić information content (AvgIpc) is 2.76. The summed E-state index contributed by atoms with van der Waals surface area (Å²) in [4.78, 5) is 0. The maximum Gasteiger partial charge on any atom is 0.133 e. The fraction of sp³-hybridized carbons (Fsp3) is 0.810. The Kier molecular flexibility index (Phi) is 3.74. The molecule has 0 spiro atoms. The van der Waals surface area contributed by atoms with Crippen LogP contribution < -0.4 is 0 Å². The highest BCUT2D eigenvalue weighted by atomic mass is 16.3. The van der Waals surface area contributed by atoms with Gasteiger partial charge in [-0.3, -0.25) is 0 Å². The first kappa shape index (κ1) is 17.5. The highest BCUT2D eigenvalue weighted by Gasteiger charge is 2.67. The van der Waals surface area contributed by atoms with E-state index in [9.17, 15) is 20.4 Å². The maximum absolute atomic E-state index is 11.0. The SMILES string of the molecule is C#C[C@]1(O)C[C@H](O)C2C3C(CC[C@@]21C)[C@@]1(C)CC[C@@H](O)CC1=C[C@H]3O. The van der Waals surface area contributed by atoms with Crippen molar-refractivity contribution in [3.8, 4) is 12.3 Å². The predicted octanol–water partition coefficient (Wildman–Crippen LogP) is 1.62. The Bertz CT molecular complexity index is 651. The van der Waals surface area contributed by atoms with Crippen LogP contribution in [0, 0.1) is 40.9 Å². The molecule has 4 rings (SSSR count). The summed E-state index contributed by atoms with van der Waals surface area (Å²) in [6, 6.07) is 0. The van der Waals surface area contributed by atoms with Crippen LogP contribution in [0.2, 0.25) is 0 Å². The van der Waals surface area contributed by atoms with Crippen molar-refractivity contribution >= 4 is 0 Å². The molecule has 0 aromatic carbocycles. The molecular weight excluding hydrogens is 316 g/mol. The Morgan fingerprint density at radius 1 is 1.16 bits per heavy atom. The van der Waals surface area contributed by atoms with Crippen LogP contribution in [0.5, 0.6) is 0 Å². The van der Waals surface area contributed by atoms with Crippen molar-refractivity contribution in [2.24, 2.45) is 28.6 Å². The first-order chi connectivity index (χ1) is 11.7. The lowest BCUT2D eigenvalue weighted by atomic mass is 9.46. The third-order valence-electron chi connectivity index (χ3n) is 8.46. The topological polar surface area (TPSA) is 80.9 Å². The molecule has 4 N–H and O–H groups in total. The van der Waals surface area contributed by atoms with E-state index in [4.69, 9.17) is 6.42 Å². The van der Waals surface area contributed by atoms with Crippen LogP contribution in [0.3, 0.4) is 0 Å². The molecule has 0 heterocycles. The summed E-state index contributed by atoms with van der Waals surface area (Å²) >= 11 is 0. The molecule has 3 unspecified atom stereocenters. The molecule has 25 heavy (non-hydrogen) atoms. The second kappa shape index (κ2) is 5.33. The van der Waals surface area contributed by atoms with Crippen LogP contribution in [0.25, 0.3) is 0 Å². The van der Waals surface area contributed by atoms with Crippen molar-refractivity contribution in [2.75, 3.05) is 0 Å². The van der Waals surface area contributed by atoms with E-state index in [0.717, 1.165) is 25.7 Å². The molecule has 0 saturated heterocycles. The summed E-state index contributed by atoms with van der Waals surface area (Å²) in [6.07, 6.45) is 10.1. The van der Waals surface area contributed by atoms with E-state index in [0.29, 0.717) is 6.42 Å². The monoisotopic (exact) mass is 346 g/mol. The van der Waals surface area contributed by atoms with E-state index in [1.54, 1.807) is 0 Å². The van der Waals surface area contributed by atoms with Crippen molar-refractivity contribution in [2.45, 2.75) is 76.3 Å². The van der Waals surface area contributed by atoms with E-state index in [2.05, 4.69) is 12.8 Å². The summed E-state index contributed by atoms with van der Waals surface area (Å²) in [5.74, 6) is 2.51. The minimum atomic E-state index is -1.31. The fourth-order valence-corrected chi connectivity index (χ4v) is 6.95. The third kappa shape index (κ3) is 2.10. The summed E-state index contributed by atoms with van der Waals surface area (Å²) in [5.41, 5.74) is -0.751. The minimum Gasteiger partial charge on any atom is -0.393 e. The van der Waals surface area contributed by atoms with Crippen molar-refractivity contribution in [3.05, 3.63) is 11.6 Å². The van der Waals surface area contributed by atoms with Gasteiger partial charge < -0.3 is 20.4 Å². The smallest absolute Gasteiger partial charge is 0.133 e. The molecule has 4 aliphatic rings. The van der Waals surface area contributed by atoms with Gasteiger partial charge in [-0.2, -0.15) is 0 Å². The number of hydrogen-bond donors (Lipinski definition) is 4. The van der Waals surface area contributed by atoms with Gasteiger partial charge in [-0.25, -0.2) is 0 Å². The van der Waals surface area contributed by atoms with Crippen molar-refractivity contribution in [1.82, 2.24) is 0 Å². The predicted molar refractivity (Wildman–Crippen MR) is 94.3 cm³/mol. The Labute approximate surface area is 150 Å². The summed E-state index contributed by atoms with van der Waals surface area (Å²) < 4.78 is 0. The van der Waals surface area contributed by atoms with Crippen molar-refractivity contribution in [3.63, 3.8) is 0 Å². The van der Waals surface area contributed by atoms with Gasteiger partial charge >= 0.3 is 0 Å². The van der Waals surface area contributed by atoms with Crippen molar-refractivity contribution < 1.29 is 20.4 Å². The Balaban J connectivity index is 1.78. The summed E-state index contributed by atoms with van der Waals surface area (Å²) in [5, 5.41) is 42.8. The van der Waals surface area contributed by atoms with Gasteiger partial charge in [0.05, 0.1) is 18.3 Å². The lowest BCUT2D eigenvalue weighted by molar-refractivity contribution is -0.136. The minimum absolute atomic E-state index is 0.0406. The molecule has 3 saturated carbocycles. The largest absolute Gasteiger partial charge is 0.393 e. The number of fused-ring (bicyclic) bond motifs is 5. The molecule has 3 fully saturated rings. The molecule has 138 valence electrons. The average molecular weight is 346 g/mol. The third-order valence-corrected chi connectivity index (χ3v) is 8.46. The maximum atomic E-state index is 11.0. The number of hydrogen-bond acceptors (Lipinski definition) is 4. The zero-order valence-corrected chi connectivity index (χ0v) is 15.2. The summed E-state index contributed by atoms with van der Waals surface area (Å²) in [6.45, 7) is 4.24. The Hall–Kier alpha value is -0.860. The van der Waals surface area contributed by atoms with Gasteiger partial charge in [0, 0.05) is 11.8 Å². The molecule has 0 bridgehead atoms. The lowest BCUT2D eigenvalue weighted by Crippen LogP contribution is -2.58.